The fourth-order valence-electron chi connectivity index (χ4n) is 3.98. The van der Waals surface area contributed by atoms with Crippen molar-refractivity contribution in [2.24, 2.45) is 0 Å². The molecule has 1 unspecified atom stereocenters. The van der Waals surface area contributed by atoms with Gasteiger partial charge in [0.05, 0.1) is 26.9 Å². The molecule has 0 aromatic heterocycles. The van der Waals surface area contributed by atoms with E-state index in [0.717, 1.165) is 12.0 Å². The number of hydrogen-bond acceptors (Lipinski definition) is 7. The van der Waals surface area contributed by atoms with Gasteiger partial charge >= 0.3 is 11.9 Å². The predicted molar refractivity (Wildman–Crippen MR) is 108 cm³/mol. The maximum Gasteiger partial charge on any atom is 0.344 e. The first-order chi connectivity index (χ1) is 14.1. The molecule has 1 atom stereocenters. The van der Waals surface area contributed by atoms with Gasteiger partial charge in [0.1, 0.15) is 5.75 Å². The SMILES string of the molecule is COC(=O)C1=C(C)C(C(C)=O)(C(=O)OC)N(C(C)=O)C(C)=C1c1ccc(OC)cc1. The Labute approximate surface area is 175 Å². The average molecular weight is 415 g/mol. The normalized spacial score (nSPS) is 18.8. The summed E-state index contributed by atoms with van der Waals surface area (Å²) in [6, 6.07) is 6.83. The molecule has 160 valence electrons. The zero-order valence-electron chi connectivity index (χ0n) is 18.1. The van der Waals surface area contributed by atoms with Crippen molar-refractivity contribution in [3.05, 3.63) is 46.7 Å². The maximum absolute atomic E-state index is 12.9. The van der Waals surface area contributed by atoms with Crippen LogP contribution < -0.4 is 4.74 Å². The Kier molecular flexibility index (Phi) is 6.50. The Morgan fingerprint density at radius 2 is 1.47 bits per heavy atom. The first-order valence-electron chi connectivity index (χ1n) is 9.15. The van der Waals surface area contributed by atoms with E-state index in [2.05, 4.69) is 0 Å². The van der Waals surface area contributed by atoms with Gasteiger partial charge in [-0.3, -0.25) is 14.5 Å². The molecule has 0 N–H and O–H groups in total. The Balaban J connectivity index is 3.01. The lowest BCUT2D eigenvalue weighted by Crippen LogP contribution is -2.63. The van der Waals surface area contributed by atoms with Crippen LogP contribution in [0.2, 0.25) is 0 Å². The topological polar surface area (TPSA) is 99.2 Å². The third-order valence-electron chi connectivity index (χ3n) is 5.27. The van der Waals surface area contributed by atoms with E-state index in [9.17, 15) is 19.2 Å². The van der Waals surface area contributed by atoms with Gasteiger partial charge in [0.25, 0.3) is 0 Å². The third-order valence-corrected chi connectivity index (χ3v) is 5.27. The standard InChI is InChI=1S/C22H25NO7/c1-12-18(20(26)29-6)19(16-8-10-17(28-5)11-9-16)13(2)23(15(4)25)22(12,14(3)24)21(27)30-7/h8-11H,1-7H3. The van der Waals surface area contributed by atoms with Gasteiger partial charge in [-0.15, -0.1) is 0 Å². The van der Waals surface area contributed by atoms with Crippen LogP contribution in [-0.4, -0.2) is 55.4 Å². The molecule has 8 nitrogen and oxygen atoms in total. The van der Waals surface area contributed by atoms with E-state index >= 15 is 0 Å². The van der Waals surface area contributed by atoms with Crippen molar-refractivity contribution in [2.45, 2.75) is 33.2 Å². The van der Waals surface area contributed by atoms with Gasteiger partial charge in [0.2, 0.25) is 11.4 Å². The fourth-order valence-corrected chi connectivity index (χ4v) is 3.98. The third kappa shape index (κ3) is 3.28. The molecule has 0 aliphatic carbocycles. The molecule has 1 amide bonds. The number of esters is 2. The Morgan fingerprint density at radius 3 is 1.87 bits per heavy atom. The molecule has 1 aromatic rings. The van der Waals surface area contributed by atoms with Gasteiger partial charge in [-0.05, 0) is 44.0 Å². The number of hydrogen-bond donors (Lipinski definition) is 0. The predicted octanol–water partition coefficient (Wildman–Crippen LogP) is 2.28. The molecular formula is C22H25NO7. The van der Waals surface area contributed by atoms with E-state index in [1.54, 1.807) is 31.2 Å². The molecular weight excluding hydrogens is 390 g/mol. The molecule has 0 spiro atoms. The zero-order valence-corrected chi connectivity index (χ0v) is 18.1. The Morgan fingerprint density at radius 1 is 0.900 bits per heavy atom. The van der Waals surface area contributed by atoms with Gasteiger partial charge in [0, 0.05) is 18.2 Å². The summed E-state index contributed by atoms with van der Waals surface area (Å²) in [7, 11) is 3.85. The van der Waals surface area contributed by atoms with Crippen LogP contribution in [0, 0.1) is 0 Å². The van der Waals surface area contributed by atoms with Crippen LogP contribution >= 0.6 is 0 Å². The highest BCUT2D eigenvalue weighted by molar-refractivity contribution is 6.19. The first kappa shape index (κ1) is 22.9. The smallest absolute Gasteiger partial charge is 0.344 e. The minimum atomic E-state index is -2.11. The second-order valence-corrected chi connectivity index (χ2v) is 6.79. The van der Waals surface area contributed by atoms with Gasteiger partial charge in [0.15, 0.2) is 5.78 Å². The van der Waals surface area contributed by atoms with Crippen LogP contribution in [-0.2, 0) is 28.7 Å². The summed E-state index contributed by atoms with van der Waals surface area (Å²) >= 11 is 0. The van der Waals surface area contributed by atoms with Crippen LogP contribution in [0.15, 0.2) is 41.1 Å². The van der Waals surface area contributed by atoms with Crippen LogP contribution in [0.1, 0.15) is 33.3 Å². The number of ketones is 1. The largest absolute Gasteiger partial charge is 0.497 e. The number of carbonyl (C=O) groups excluding carboxylic acids is 4. The summed E-state index contributed by atoms with van der Waals surface area (Å²) in [4.78, 5) is 52.4. The van der Waals surface area contributed by atoms with Gasteiger partial charge < -0.3 is 14.2 Å². The number of ether oxygens (including phenoxy) is 3. The quantitative estimate of drug-likeness (QED) is 0.537. The molecule has 30 heavy (non-hydrogen) atoms. The molecule has 0 fully saturated rings. The number of amides is 1. The van der Waals surface area contributed by atoms with Crippen LogP contribution in [0.4, 0.5) is 0 Å². The molecule has 1 aromatic carbocycles. The van der Waals surface area contributed by atoms with Crippen LogP contribution in [0.5, 0.6) is 5.75 Å². The van der Waals surface area contributed by atoms with E-state index in [1.165, 1.54) is 35.0 Å². The number of Topliss-reactive ketones (excluding diaryl/α,β-unsaturated/α-hetero) is 1. The monoisotopic (exact) mass is 415 g/mol. The lowest BCUT2D eigenvalue weighted by atomic mass is 9.75. The highest BCUT2D eigenvalue weighted by atomic mass is 16.5. The summed E-state index contributed by atoms with van der Waals surface area (Å²) in [5, 5.41) is 0. The highest BCUT2D eigenvalue weighted by Crippen LogP contribution is 2.45. The highest BCUT2D eigenvalue weighted by Gasteiger charge is 2.58. The van der Waals surface area contributed by atoms with Gasteiger partial charge in [-0.1, -0.05) is 12.1 Å². The molecule has 1 heterocycles. The molecule has 1 aliphatic heterocycles. The zero-order chi connectivity index (χ0) is 22.8. The van der Waals surface area contributed by atoms with E-state index in [-0.39, 0.29) is 16.8 Å². The summed E-state index contributed by atoms with van der Waals surface area (Å²) in [5.41, 5.74) is -0.818. The minimum absolute atomic E-state index is 0.0262. The van der Waals surface area contributed by atoms with Gasteiger partial charge in [-0.25, -0.2) is 9.59 Å². The summed E-state index contributed by atoms with van der Waals surface area (Å²) < 4.78 is 15.1. The second kappa shape index (κ2) is 8.52. The summed E-state index contributed by atoms with van der Waals surface area (Å²) in [6.07, 6.45) is 0. The number of allylic oxidation sites excluding steroid dienone is 1. The van der Waals surface area contributed by atoms with Crippen molar-refractivity contribution in [3.8, 4) is 5.75 Å². The van der Waals surface area contributed by atoms with E-state index in [1.807, 2.05) is 0 Å². The number of carbonyl (C=O) groups is 4. The van der Waals surface area contributed by atoms with E-state index in [0.29, 0.717) is 16.9 Å². The first-order valence-corrected chi connectivity index (χ1v) is 9.15. The van der Waals surface area contributed by atoms with Crippen LogP contribution in [0.3, 0.4) is 0 Å². The van der Waals surface area contributed by atoms with E-state index < -0.39 is 29.2 Å². The number of methoxy groups -OCH3 is 3. The fraction of sp³-hybridized carbons (Fsp3) is 0.364. The molecule has 2 rings (SSSR count). The number of benzene rings is 1. The minimum Gasteiger partial charge on any atom is -0.497 e. The van der Waals surface area contributed by atoms with Crippen molar-refractivity contribution in [1.82, 2.24) is 4.90 Å². The van der Waals surface area contributed by atoms with Crippen molar-refractivity contribution in [2.75, 3.05) is 21.3 Å². The molecule has 0 saturated carbocycles. The van der Waals surface area contributed by atoms with E-state index in [4.69, 9.17) is 14.2 Å². The summed E-state index contributed by atoms with van der Waals surface area (Å²) in [6.45, 7) is 5.44. The Bertz CT molecular complexity index is 972. The second-order valence-electron chi connectivity index (χ2n) is 6.79. The number of nitrogens with zero attached hydrogens (tertiary/aromatic N) is 1. The number of rotatable bonds is 5. The molecule has 8 heteroatoms. The molecule has 1 aliphatic rings. The summed E-state index contributed by atoms with van der Waals surface area (Å²) in [5.74, 6) is -2.31. The van der Waals surface area contributed by atoms with Crippen molar-refractivity contribution in [1.29, 1.82) is 0 Å². The maximum atomic E-state index is 12.9. The van der Waals surface area contributed by atoms with Gasteiger partial charge in [-0.2, -0.15) is 0 Å². The molecule has 0 radical (unpaired) electrons. The average Bonchev–Trinajstić information content (AvgIpc) is 2.72. The van der Waals surface area contributed by atoms with Crippen LogP contribution in [0.25, 0.3) is 5.57 Å². The van der Waals surface area contributed by atoms with Crippen molar-refractivity contribution < 1.29 is 33.4 Å². The lowest BCUT2D eigenvalue weighted by molar-refractivity contribution is -0.161. The van der Waals surface area contributed by atoms with Crippen molar-refractivity contribution in [3.63, 3.8) is 0 Å². The lowest BCUT2D eigenvalue weighted by Gasteiger charge is -2.45. The Hall–Kier alpha value is -3.42. The van der Waals surface area contributed by atoms with Crippen molar-refractivity contribution >= 4 is 29.2 Å². The molecule has 0 bridgehead atoms. The molecule has 0 saturated heterocycles.